The van der Waals surface area contributed by atoms with E-state index in [0.717, 1.165) is 27.8 Å². The molecule has 0 unspecified atom stereocenters. The molecule has 0 fully saturated rings. The number of phenols is 1. The van der Waals surface area contributed by atoms with Gasteiger partial charge in [0, 0.05) is 0 Å². The minimum absolute atomic E-state index is 0.0455. The van der Waals surface area contributed by atoms with E-state index in [0.29, 0.717) is 5.75 Å². The molecule has 0 aliphatic heterocycles. The summed E-state index contributed by atoms with van der Waals surface area (Å²) in [6.07, 6.45) is 0. The quantitative estimate of drug-likeness (QED) is 0.828. The molecule has 0 aromatic heterocycles. The molecule has 88 valence electrons. The molecule has 2 rings (SSSR count). The molecule has 0 saturated carbocycles. The molecule has 2 heteroatoms. The van der Waals surface area contributed by atoms with Gasteiger partial charge in [-0.3, -0.25) is 0 Å². The highest BCUT2D eigenvalue weighted by molar-refractivity contribution is 5.67. The second-order valence-corrected chi connectivity index (χ2v) is 4.32. The lowest BCUT2D eigenvalue weighted by Crippen LogP contribution is -1.87. The maximum atomic E-state index is 9.74. The van der Waals surface area contributed by atoms with Gasteiger partial charge in [-0.05, 0) is 59.9 Å². The Morgan fingerprint density at radius 1 is 0.941 bits per heavy atom. The fourth-order valence-corrected chi connectivity index (χ4v) is 1.97. The van der Waals surface area contributed by atoms with Crippen molar-refractivity contribution >= 4 is 0 Å². The van der Waals surface area contributed by atoms with Crippen molar-refractivity contribution in [1.29, 1.82) is 0 Å². The van der Waals surface area contributed by atoms with E-state index in [9.17, 15) is 5.11 Å². The summed E-state index contributed by atoms with van der Waals surface area (Å²) >= 11 is 0. The Morgan fingerprint density at radius 2 is 1.59 bits per heavy atom. The average molecular weight is 228 g/mol. The zero-order chi connectivity index (χ0) is 12.4. The van der Waals surface area contributed by atoms with Crippen LogP contribution < -0.4 is 0 Å². The normalized spacial score (nSPS) is 10.5. The summed E-state index contributed by atoms with van der Waals surface area (Å²) in [6, 6.07) is 11.7. The lowest BCUT2D eigenvalue weighted by atomic mass is 9.98. The lowest BCUT2D eigenvalue weighted by Gasteiger charge is -2.09. The van der Waals surface area contributed by atoms with Gasteiger partial charge in [-0.25, -0.2) is 0 Å². The first kappa shape index (κ1) is 11.7. The Morgan fingerprint density at radius 3 is 2.18 bits per heavy atom. The van der Waals surface area contributed by atoms with Crippen LogP contribution in [0.3, 0.4) is 0 Å². The van der Waals surface area contributed by atoms with Gasteiger partial charge in [-0.15, -0.1) is 0 Å². The van der Waals surface area contributed by atoms with Crippen LogP contribution in [-0.2, 0) is 6.61 Å². The van der Waals surface area contributed by atoms with E-state index in [1.807, 2.05) is 50.2 Å². The molecule has 0 saturated heterocycles. The molecule has 2 nitrogen and oxygen atoms in total. The summed E-state index contributed by atoms with van der Waals surface area (Å²) in [5, 5.41) is 18.9. The first-order valence-electron chi connectivity index (χ1n) is 5.62. The van der Waals surface area contributed by atoms with Crippen molar-refractivity contribution in [3.63, 3.8) is 0 Å². The lowest BCUT2D eigenvalue weighted by molar-refractivity contribution is 0.282. The number of aromatic hydroxyl groups is 1. The summed E-state index contributed by atoms with van der Waals surface area (Å²) in [5.41, 5.74) is 4.76. The second-order valence-electron chi connectivity index (χ2n) is 4.32. The molecule has 0 radical (unpaired) electrons. The SMILES string of the molecule is Cc1cc(-c2cccc(CO)c2)cc(C)c1O. The highest BCUT2D eigenvalue weighted by Gasteiger charge is 2.05. The van der Waals surface area contributed by atoms with Crippen LogP contribution in [0.2, 0.25) is 0 Å². The van der Waals surface area contributed by atoms with Gasteiger partial charge in [-0.1, -0.05) is 18.2 Å². The summed E-state index contributed by atoms with van der Waals surface area (Å²) in [5.74, 6) is 0.354. The van der Waals surface area contributed by atoms with Crippen molar-refractivity contribution in [3.05, 3.63) is 53.1 Å². The Kier molecular flexibility index (Phi) is 3.16. The van der Waals surface area contributed by atoms with Gasteiger partial charge in [0.25, 0.3) is 0 Å². The second kappa shape index (κ2) is 4.60. The minimum Gasteiger partial charge on any atom is -0.507 e. The number of aliphatic hydroxyl groups is 1. The third kappa shape index (κ3) is 2.32. The van der Waals surface area contributed by atoms with E-state index in [4.69, 9.17) is 5.11 Å². The Bertz CT molecular complexity index is 521. The van der Waals surface area contributed by atoms with Crippen LogP contribution in [-0.4, -0.2) is 10.2 Å². The smallest absolute Gasteiger partial charge is 0.121 e. The third-order valence-electron chi connectivity index (χ3n) is 2.93. The zero-order valence-corrected chi connectivity index (χ0v) is 10.1. The number of hydrogen-bond donors (Lipinski definition) is 2. The Labute approximate surface area is 101 Å². The van der Waals surface area contributed by atoms with Crippen LogP contribution in [0.4, 0.5) is 0 Å². The molecule has 0 heterocycles. The van der Waals surface area contributed by atoms with E-state index in [2.05, 4.69) is 0 Å². The molecule has 0 bridgehead atoms. The van der Waals surface area contributed by atoms with E-state index >= 15 is 0 Å². The number of phenolic OH excluding ortho intramolecular Hbond substituents is 1. The summed E-state index contributed by atoms with van der Waals surface area (Å²) < 4.78 is 0. The molecule has 0 amide bonds. The first-order chi connectivity index (χ1) is 8.11. The fourth-order valence-electron chi connectivity index (χ4n) is 1.97. The molecule has 0 spiro atoms. The molecule has 2 N–H and O–H groups in total. The maximum absolute atomic E-state index is 9.74. The van der Waals surface area contributed by atoms with Crippen molar-refractivity contribution in [2.45, 2.75) is 20.5 Å². The fraction of sp³-hybridized carbons (Fsp3) is 0.200. The van der Waals surface area contributed by atoms with E-state index in [-0.39, 0.29) is 6.61 Å². The van der Waals surface area contributed by atoms with E-state index in [1.165, 1.54) is 0 Å². The maximum Gasteiger partial charge on any atom is 0.121 e. The van der Waals surface area contributed by atoms with Gasteiger partial charge in [0.15, 0.2) is 0 Å². The Hall–Kier alpha value is -1.80. The first-order valence-corrected chi connectivity index (χ1v) is 5.62. The predicted molar refractivity (Wildman–Crippen MR) is 68.9 cm³/mol. The third-order valence-corrected chi connectivity index (χ3v) is 2.93. The molecular weight excluding hydrogens is 212 g/mol. The Balaban J connectivity index is 2.52. The zero-order valence-electron chi connectivity index (χ0n) is 10.1. The average Bonchev–Trinajstić information content (AvgIpc) is 2.35. The van der Waals surface area contributed by atoms with Crippen LogP contribution >= 0.6 is 0 Å². The van der Waals surface area contributed by atoms with Crippen LogP contribution in [0.25, 0.3) is 11.1 Å². The van der Waals surface area contributed by atoms with Gasteiger partial charge in [-0.2, -0.15) is 0 Å². The van der Waals surface area contributed by atoms with Gasteiger partial charge >= 0.3 is 0 Å². The molecule has 2 aromatic carbocycles. The van der Waals surface area contributed by atoms with E-state index in [1.54, 1.807) is 0 Å². The summed E-state index contributed by atoms with van der Waals surface area (Å²) in [7, 11) is 0. The van der Waals surface area contributed by atoms with Crippen molar-refractivity contribution in [3.8, 4) is 16.9 Å². The van der Waals surface area contributed by atoms with Crippen LogP contribution in [0.5, 0.6) is 5.75 Å². The molecule has 0 atom stereocenters. The summed E-state index contributed by atoms with van der Waals surface area (Å²) in [4.78, 5) is 0. The minimum atomic E-state index is 0.0455. The monoisotopic (exact) mass is 228 g/mol. The molecular formula is C15H16O2. The van der Waals surface area contributed by atoms with Crippen LogP contribution in [0, 0.1) is 13.8 Å². The van der Waals surface area contributed by atoms with E-state index < -0.39 is 0 Å². The van der Waals surface area contributed by atoms with Gasteiger partial charge in [0.1, 0.15) is 5.75 Å². The van der Waals surface area contributed by atoms with Crippen LogP contribution in [0.1, 0.15) is 16.7 Å². The standard InChI is InChI=1S/C15H16O2/c1-10-6-14(7-11(2)15(10)17)13-5-3-4-12(8-13)9-16/h3-8,16-17H,9H2,1-2H3. The molecule has 2 aromatic rings. The number of hydrogen-bond acceptors (Lipinski definition) is 2. The molecule has 0 aliphatic carbocycles. The van der Waals surface area contributed by atoms with Gasteiger partial charge in [0.05, 0.1) is 6.61 Å². The predicted octanol–water partition coefficient (Wildman–Crippen LogP) is 3.17. The number of aliphatic hydroxyl groups excluding tert-OH is 1. The van der Waals surface area contributed by atoms with Gasteiger partial charge < -0.3 is 10.2 Å². The van der Waals surface area contributed by atoms with Crippen molar-refractivity contribution in [2.24, 2.45) is 0 Å². The molecule has 17 heavy (non-hydrogen) atoms. The highest BCUT2D eigenvalue weighted by Crippen LogP contribution is 2.29. The highest BCUT2D eigenvalue weighted by atomic mass is 16.3. The van der Waals surface area contributed by atoms with Crippen molar-refractivity contribution < 1.29 is 10.2 Å². The molecule has 0 aliphatic rings. The largest absolute Gasteiger partial charge is 0.507 e. The number of aryl methyl sites for hydroxylation is 2. The number of benzene rings is 2. The van der Waals surface area contributed by atoms with Crippen LogP contribution in [0.15, 0.2) is 36.4 Å². The van der Waals surface area contributed by atoms with Crippen molar-refractivity contribution in [2.75, 3.05) is 0 Å². The van der Waals surface area contributed by atoms with Gasteiger partial charge in [0.2, 0.25) is 0 Å². The van der Waals surface area contributed by atoms with Crippen molar-refractivity contribution in [1.82, 2.24) is 0 Å². The topological polar surface area (TPSA) is 40.5 Å². The summed E-state index contributed by atoms with van der Waals surface area (Å²) in [6.45, 7) is 3.83. The number of rotatable bonds is 2.